The van der Waals surface area contributed by atoms with Crippen molar-refractivity contribution in [1.29, 1.82) is 0 Å². The van der Waals surface area contributed by atoms with E-state index >= 15 is 0 Å². The molecule has 5 heteroatoms. The molecular formula is C44H86NO3S+. The van der Waals surface area contributed by atoms with Gasteiger partial charge in [0.05, 0.1) is 38.7 Å². The molecular weight excluding hydrogens is 623 g/mol. The van der Waals surface area contributed by atoms with E-state index in [1.807, 2.05) is 0 Å². The van der Waals surface area contributed by atoms with Crippen molar-refractivity contribution in [2.24, 2.45) is 0 Å². The standard InChI is InChI=1S/C26H56N.C18H30O3S/c1-5-7-9-11-13-15-17-19-21-23-25-27(3,4)26-24-22-20-18-16-14-12-10-8-6-2;1-2-3-4-5-6-7-8-9-10-14-17-21-22(19,20)18-15-12-11-13-16-18/h5-26H2,1-4H3;11-13,15-16H,2-10,14,17H2,1H3/q+1;. The van der Waals surface area contributed by atoms with E-state index < -0.39 is 10.1 Å². The molecule has 0 aliphatic heterocycles. The zero-order chi connectivity index (χ0) is 36.2. The maximum Gasteiger partial charge on any atom is 0.296 e. The Hall–Kier alpha value is -0.910. The van der Waals surface area contributed by atoms with Crippen LogP contribution in [0.4, 0.5) is 0 Å². The van der Waals surface area contributed by atoms with Crippen molar-refractivity contribution in [2.45, 2.75) is 218 Å². The van der Waals surface area contributed by atoms with Crippen molar-refractivity contribution in [3.63, 3.8) is 0 Å². The summed E-state index contributed by atoms with van der Waals surface area (Å²) in [4.78, 5) is 0.238. The van der Waals surface area contributed by atoms with Gasteiger partial charge in [0.25, 0.3) is 10.1 Å². The van der Waals surface area contributed by atoms with Crippen molar-refractivity contribution in [2.75, 3.05) is 33.8 Å². The zero-order valence-electron chi connectivity index (χ0n) is 33.8. The van der Waals surface area contributed by atoms with Crippen LogP contribution in [0.3, 0.4) is 0 Å². The summed E-state index contributed by atoms with van der Waals surface area (Å²) in [5.41, 5.74) is 0. The zero-order valence-corrected chi connectivity index (χ0v) is 34.6. The number of hydrogen-bond donors (Lipinski definition) is 0. The number of hydrogen-bond acceptors (Lipinski definition) is 3. The third-order valence-corrected chi connectivity index (χ3v) is 11.3. The average Bonchev–Trinajstić information content (AvgIpc) is 3.09. The second-order valence-corrected chi connectivity index (χ2v) is 17.1. The second kappa shape index (κ2) is 35.5. The fourth-order valence-corrected chi connectivity index (χ4v) is 7.54. The fraction of sp³-hybridized carbons (Fsp3) is 0.864. The Labute approximate surface area is 308 Å². The molecule has 49 heavy (non-hydrogen) atoms. The highest BCUT2D eigenvalue weighted by molar-refractivity contribution is 7.86. The lowest BCUT2D eigenvalue weighted by Gasteiger charge is -2.30. The maximum absolute atomic E-state index is 11.9. The Morgan fingerprint density at radius 3 is 1.04 bits per heavy atom. The monoisotopic (exact) mass is 709 g/mol. The predicted molar refractivity (Wildman–Crippen MR) is 217 cm³/mol. The Balaban J connectivity index is 0.000000958. The maximum atomic E-state index is 11.9. The fourth-order valence-electron chi connectivity index (χ4n) is 6.58. The lowest BCUT2D eigenvalue weighted by molar-refractivity contribution is -0.890. The highest BCUT2D eigenvalue weighted by atomic mass is 32.2. The third-order valence-electron chi connectivity index (χ3n) is 10.0. The Morgan fingerprint density at radius 2 is 0.714 bits per heavy atom. The molecule has 0 bridgehead atoms. The van der Waals surface area contributed by atoms with Gasteiger partial charge in [0.1, 0.15) is 0 Å². The van der Waals surface area contributed by atoms with Gasteiger partial charge in [-0.3, -0.25) is 4.18 Å². The van der Waals surface area contributed by atoms with Crippen LogP contribution in [0.1, 0.15) is 213 Å². The molecule has 0 N–H and O–H groups in total. The van der Waals surface area contributed by atoms with Crippen LogP contribution < -0.4 is 0 Å². The second-order valence-electron chi connectivity index (χ2n) is 15.5. The molecule has 1 aromatic carbocycles. The summed E-state index contributed by atoms with van der Waals surface area (Å²) < 4.78 is 30.0. The third kappa shape index (κ3) is 34.0. The first-order valence-corrected chi connectivity index (χ1v) is 23.0. The van der Waals surface area contributed by atoms with E-state index in [0.717, 1.165) is 12.8 Å². The van der Waals surface area contributed by atoms with Crippen LogP contribution in [0.15, 0.2) is 35.2 Å². The van der Waals surface area contributed by atoms with E-state index in [2.05, 4.69) is 34.9 Å². The van der Waals surface area contributed by atoms with Gasteiger partial charge in [-0.25, -0.2) is 0 Å². The van der Waals surface area contributed by atoms with E-state index in [0.29, 0.717) is 0 Å². The molecule has 0 saturated carbocycles. The van der Waals surface area contributed by atoms with Crippen molar-refractivity contribution >= 4 is 10.1 Å². The molecule has 0 aliphatic rings. The minimum absolute atomic E-state index is 0.238. The molecule has 290 valence electrons. The van der Waals surface area contributed by atoms with Gasteiger partial charge in [0, 0.05) is 0 Å². The summed E-state index contributed by atoms with van der Waals surface area (Å²) >= 11 is 0. The summed E-state index contributed by atoms with van der Waals surface area (Å²) in [5, 5.41) is 0. The van der Waals surface area contributed by atoms with Gasteiger partial charge in [-0.15, -0.1) is 0 Å². The summed E-state index contributed by atoms with van der Waals surface area (Å²) in [6, 6.07) is 8.33. The number of nitrogens with zero attached hydrogens (tertiary/aromatic N) is 1. The van der Waals surface area contributed by atoms with E-state index in [1.54, 1.807) is 30.3 Å². The average molecular weight is 709 g/mol. The normalized spacial score (nSPS) is 11.9. The van der Waals surface area contributed by atoms with Crippen molar-refractivity contribution in [3.8, 4) is 0 Å². The van der Waals surface area contributed by atoms with Crippen molar-refractivity contribution in [1.82, 2.24) is 0 Å². The van der Waals surface area contributed by atoms with Gasteiger partial charge in [-0.05, 0) is 44.2 Å². The molecule has 1 aromatic rings. The van der Waals surface area contributed by atoms with E-state index in [1.165, 1.54) is 197 Å². The molecule has 0 aromatic heterocycles. The van der Waals surface area contributed by atoms with Gasteiger partial charge < -0.3 is 4.48 Å². The first kappa shape index (κ1) is 48.1. The Bertz CT molecular complexity index is 861. The van der Waals surface area contributed by atoms with E-state index in [-0.39, 0.29) is 11.5 Å². The van der Waals surface area contributed by atoms with Crippen LogP contribution in [0.2, 0.25) is 0 Å². The van der Waals surface area contributed by atoms with E-state index in [9.17, 15) is 8.42 Å². The molecule has 0 aliphatic carbocycles. The molecule has 0 unspecified atom stereocenters. The van der Waals surface area contributed by atoms with Crippen LogP contribution >= 0.6 is 0 Å². The number of unbranched alkanes of at least 4 members (excludes halogenated alkanes) is 27. The van der Waals surface area contributed by atoms with Crippen LogP contribution in [-0.2, 0) is 14.3 Å². The van der Waals surface area contributed by atoms with Crippen LogP contribution in [0, 0.1) is 0 Å². The minimum atomic E-state index is -3.57. The van der Waals surface area contributed by atoms with Crippen LogP contribution in [-0.4, -0.2) is 46.7 Å². The summed E-state index contributed by atoms with van der Waals surface area (Å²) in [6.45, 7) is 9.89. The summed E-state index contributed by atoms with van der Waals surface area (Å²) in [7, 11) is 1.32. The van der Waals surface area contributed by atoms with Gasteiger partial charge in [0.2, 0.25) is 0 Å². The molecule has 0 heterocycles. The van der Waals surface area contributed by atoms with Crippen molar-refractivity contribution in [3.05, 3.63) is 30.3 Å². The number of benzene rings is 1. The lowest BCUT2D eigenvalue weighted by Crippen LogP contribution is -2.41. The molecule has 0 spiro atoms. The first-order chi connectivity index (χ1) is 23.8. The molecule has 0 radical (unpaired) electrons. The molecule has 0 atom stereocenters. The SMILES string of the molecule is CCCCCCCCCCCCOS(=O)(=O)c1ccccc1.CCCCCCCCCCCC[N+](C)(C)CCCCCCCCCCCC. The summed E-state index contributed by atoms with van der Waals surface area (Å²) in [5.74, 6) is 0. The van der Waals surface area contributed by atoms with Gasteiger partial charge in [-0.1, -0.05) is 199 Å². The molecule has 0 saturated heterocycles. The largest absolute Gasteiger partial charge is 0.328 e. The van der Waals surface area contributed by atoms with E-state index in [4.69, 9.17) is 4.18 Å². The topological polar surface area (TPSA) is 43.4 Å². The minimum Gasteiger partial charge on any atom is -0.328 e. The number of quaternary nitrogens is 1. The lowest BCUT2D eigenvalue weighted by atomic mass is 10.1. The van der Waals surface area contributed by atoms with Gasteiger partial charge >= 0.3 is 0 Å². The van der Waals surface area contributed by atoms with Gasteiger partial charge in [-0.2, -0.15) is 8.42 Å². The van der Waals surface area contributed by atoms with Crippen LogP contribution in [0.25, 0.3) is 0 Å². The molecule has 0 fully saturated rings. The smallest absolute Gasteiger partial charge is 0.296 e. The van der Waals surface area contributed by atoms with Gasteiger partial charge in [0.15, 0.2) is 0 Å². The molecule has 0 amide bonds. The number of rotatable bonds is 35. The molecule has 1 rings (SSSR count). The Morgan fingerprint density at radius 1 is 0.429 bits per heavy atom. The Kier molecular flexibility index (Phi) is 34.8. The quantitative estimate of drug-likeness (QED) is 0.0400. The summed E-state index contributed by atoms with van der Waals surface area (Å²) in [6.07, 6.45) is 41.3. The highest BCUT2D eigenvalue weighted by Crippen LogP contribution is 2.16. The molecule has 4 nitrogen and oxygen atoms in total. The first-order valence-electron chi connectivity index (χ1n) is 21.6. The highest BCUT2D eigenvalue weighted by Gasteiger charge is 2.14. The van der Waals surface area contributed by atoms with Crippen molar-refractivity contribution < 1.29 is 17.1 Å². The predicted octanol–water partition coefficient (Wildman–Crippen LogP) is 14.2. The van der Waals surface area contributed by atoms with Crippen LogP contribution in [0.5, 0.6) is 0 Å².